The van der Waals surface area contributed by atoms with Crippen molar-refractivity contribution < 1.29 is 4.79 Å². The molecule has 2 bridgehead atoms. The van der Waals surface area contributed by atoms with Crippen LogP contribution < -0.4 is 5.32 Å². The van der Waals surface area contributed by atoms with E-state index in [4.69, 9.17) is 0 Å². The van der Waals surface area contributed by atoms with Crippen LogP contribution in [0.4, 0.5) is 0 Å². The molecule has 1 amide bonds. The first-order valence-electron chi connectivity index (χ1n) is 6.77. The molecule has 90 valence electrons. The highest BCUT2D eigenvalue weighted by molar-refractivity contribution is 5.81. The normalized spacial score (nSPS) is 44.7. The van der Waals surface area contributed by atoms with E-state index in [1.54, 1.807) is 0 Å². The maximum Gasteiger partial charge on any atom is 0.223 e. The third kappa shape index (κ3) is 1.22. The van der Waals surface area contributed by atoms with Gasteiger partial charge in [-0.15, -0.1) is 0 Å². The second kappa shape index (κ2) is 3.02. The van der Waals surface area contributed by atoms with Crippen LogP contribution in [-0.4, -0.2) is 11.4 Å². The third-order valence-electron chi connectivity index (χ3n) is 5.94. The second-order valence-corrected chi connectivity index (χ2v) is 6.89. The van der Waals surface area contributed by atoms with Gasteiger partial charge in [-0.1, -0.05) is 13.8 Å². The van der Waals surface area contributed by atoms with Crippen molar-refractivity contribution in [2.24, 2.45) is 23.2 Å². The van der Waals surface area contributed by atoms with Gasteiger partial charge in [0.1, 0.15) is 0 Å². The molecule has 3 aliphatic rings. The summed E-state index contributed by atoms with van der Waals surface area (Å²) in [5, 5.41) is 3.40. The van der Waals surface area contributed by atoms with Gasteiger partial charge in [0.25, 0.3) is 0 Å². The van der Waals surface area contributed by atoms with Crippen LogP contribution in [0.1, 0.15) is 52.9 Å². The molecule has 0 aromatic rings. The van der Waals surface area contributed by atoms with Gasteiger partial charge in [0.2, 0.25) is 5.91 Å². The van der Waals surface area contributed by atoms with Crippen molar-refractivity contribution in [3.63, 3.8) is 0 Å². The number of carbonyl (C=O) groups is 1. The topological polar surface area (TPSA) is 29.1 Å². The van der Waals surface area contributed by atoms with Gasteiger partial charge in [0.15, 0.2) is 0 Å². The van der Waals surface area contributed by atoms with Crippen LogP contribution >= 0.6 is 0 Å². The second-order valence-electron chi connectivity index (χ2n) is 6.89. The highest BCUT2D eigenvalue weighted by Crippen LogP contribution is 2.61. The lowest BCUT2D eigenvalue weighted by molar-refractivity contribution is -0.126. The summed E-state index contributed by atoms with van der Waals surface area (Å²) in [6.07, 6.45) is 6.23. The number of fused-ring (bicyclic) bond motifs is 2. The predicted molar refractivity (Wildman–Crippen MR) is 63.9 cm³/mol. The lowest BCUT2D eigenvalue weighted by atomic mass is 9.64. The molecule has 0 aliphatic heterocycles. The maximum absolute atomic E-state index is 12.0. The molecule has 3 rings (SSSR count). The Kier molecular flexibility index (Phi) is 2.01. The Morgan fingerprint density at radius 2 is 1.69 bits per heavy atom. The Morgan fingerprint density at radius 1 is 1.06 bits per heavy atom. The Morgan fingerprint density at radius 3 is 2.19 bits per heavy atom. The first kappa shape index (κ1) is 10.6. The minimum absolute atomic E-state index is 0.0512. The molecule has 3 fully saturated rings. The van der Waals surface area contributed by atoms with Crippen LogP contribution in [0.15, 0.2) is 0 Å². The molecule has 0 spiro atoms. The van der Waals surface area contributed by atoms with E-state index >= 15 is 0 Å². The summed E-state index contributed by atoms with van der Waals surface area (Å²) in [6, 6.07) is 0. The van der Waals surface area contributed by atoms with Crippen LogP contribution in [0.3, 0.4) is 0 Å². The first-order chi connectivity index (χ1) is 7.45. The fraction of sp³-hybridized carbons (Fsp3) is 0.929. The van der Waals surface area contributed by atoms with Gasteiger partial charge in [0, 0.05) is 11.5 Å². The van der Waals surface area contributed by atoms with E-state index in [1.807, 2.05) is 0 Å². The summed E-state index contributed by atoms with van der Waals surface area (Å²) in [7, 11) is 0. The van der Waals surface area contributed by atoms with Crippen molar-refractivity contribution in [3.8, 4) is 0 Å². The number of hydrogen-bond acceptors (Lipinski definition) is 1. The zero-order valence-corrected chi connectivity index (χ0v) is 10.7. The van der Waals surface area contributed by atoms with Crippen LogP contribution in [0, 0.1) is 23.2 Å². The van der Waals surface area contributed by atoms with Gasteiger partial charge in [-0.25, -0.2) is 0 Å². The molecule has 2 heteroatoms. The lowest BCUT2D eigenvalue weighted by Gasteiger charge is -2.48. The molecule has 0 aromatic carbocycles. The van der Waals surface area contributed by atoms with Crippen molar-refractivity contribution in [2.45, 2.75) is 58.4 Å². The van der Waals surface area contributed by atoms with Crippen LogP contribution in [0.2, 0.25) is 0 Å². The van der Waals surface area contributed by atoms with Crippen molar-refractivity contribution in [1.29, 1.82) is 0 Å². The Bertz CT molecular complexity index is 332. The zero-order valence-electron chi connectivity index (χ0n) is 10.7. The van der Waals surface area contributed by atoms with E-state index in [2.05, 4.69) is 26.1 Å². The first-order valence-corrected chi connectivity index (χ1v) is 6.77. The monoisotopic (exact) mass is 221 g/mol. The summed E-state index contributed by atoms with van der Waals surface area (Å²) in [5.74, 6) is 2.20. The average Bonchev–Trinajstić information content (AvgIpc) is 2.90. The molecule has 3 unspecified atom stereocenters. The standard InChI is InChI=1S/C14H23NO/c1-13(2)10-6-7-11(8-10)14(13,3)15-12(16)9-4-5-9/h9-11H,4-8H2,1-3H3,(H,15,16). The number of amides is 1. The van der Waals surface area contributed by atoms with E-state index in [9.17, 15) is 4.79 Å². The van der Waals surface area contributed by atoms with Gasteiger partial charge >= 0.3 is 0 Å². The van der Waals surface area contributed by atoms with Crippen molar-refractivity contribution in [2.75, 3.05) is 0 Å². The summed E-state index contributed by atoms with van der Waals surface area (Å²) in [6.45, 7) is 6.99. The Labute approximate surface area is 98.2 Å². The number of rotatable bonds is 2. The SMILES string of the molecule is CC1(C)C2CCC(C2)C1(C)NC(=O)C1CC1. The average molecular weight is 221 g/mol. The highest BCUT2D eigenvalue weighted by atomic mass is 16.2. The number of nitrogens with one attached hydrogen (secondary N) is 1. The molecule has 3 aliphatic carbocycles. The molecule has 3 atom stereocenters. The molecule has 1 N–H and O–H groups in total. The molecule has 0 heterocycles. The smallest absolute Gasteiger partial charge is 0.223 e. The minimum Gasteiger partial charge on any atom is -0.350 e. The molecule has 0 radical (unpaired) electrons. The summed E-state index contributed by atoms with van der Waals surface area (Å²) in [5.41, 5.74) is 0.329. The van der Waals surface area contributed by atoms with E-state index in [0.29, 0.717) is 11.8 Å². The van der Waals surface area contributed by atoms with E-state index in [-0.39, 0.29) is 11.0 Å². The van der Waals surface area contributed by atoms with E-state index < -0.39 is 0 Å². The van der Waals surface area contributed by atoms with Gasteiger partial charge < -0.3 is 5.32 Å². The fourth-order valence-corrected chi connectivity index (χ4v) is 4.08. The molecule has 3 saturated carbocycles. The van der Waals surface area contributed by atoms with Crippen molar-refractivity contribution in [1.82, 2.24) is 5.32 Å². The molecule has 16 heavy (non-hydrogen) atoms. The van der Waals surface area contributed by atoms with Gasteiger partial charge in [-0.05, 0) is 56.3 Å². The highest BCUT2D eigenvalue weighted by Gasteiger charge is 2.61. The number of hydrogen-bond donors (Lipinski definition) is 1. The van der Waals surface area contributed by atoms with Crippen LogP contribution in [-0.2, 0) is 4.79 Å². The van der Waals surface area contributed by atoms with Crippen molar-refractivity contribution >= 4 is 5.91 Å². The van der Waals surface area contributed by atoms with E-state index in [0.717, 1.165) is 24.7 Å². The summed E-state index contributed by atoms with van der Waals surface area (Å²) in [4.78, 5) is 12.0. The van der Waals surface area contributed by atoms with Crippen molar-refractivity contribution in [3.05, 3.63) is 0 Å². The molecule has 2 nitrogen and oxygen atoms in total. The Balaban J connectivity index is 1.82. The van der Waals surface area contributed by atoms with Gasteiger partial charge in [0.05, 0.1) is 0 Å². The van der Waals surface area contributed by atoms with E-state index in [1.165, 1.54) is 19.3 Å². The Hall–Kier alpha value is -0.530. The molecular weight excluding hydrogens is 198 g/mol. The zero-order chi connectivity index (χ0) is 11.6. The molecule has 0 aromatic heterocycles. The quantitative estimate of drug-likeness (QED) is 0.763. The maximum atomic E-state index is 12.0. The van der Waals surface area contributed by atoms with Gasteiger partial charge in [-0.3, -0.25) is 4.79 Å². The predicted octanol–water partition coefficient (Wildman–Crippen LogP) is 2.73. The molecular formula is C14H23NO. The van der Waals surface area contributed by atoms with Crippen LogP contribution in [0.5, 0.6) is 0 Å². The summed E-state index contributed by atoms with van der Waals surface area (Å²) < 4.78 is 0. The number of carbonyl (C=O) groups excluding carboxylic acids is 1. The fourth-order valence-electron chi connectivity index (χ4n) is 4.08. The largest absolute Gasteiger partial charge is 0.350 e. The third-order valence-corrected chi connectivity index (χ3v) is 5.94. The van der Waals surface area contributed by atoms with Crippen LogP contribution in [0.25, 0.3) is 0 Å². The summed E-state index contributed by atoms with van der Waals surface area (Å²) >= 11 is 0. The lowest BCUT2D eigenvalue weighted by Crippen LogP contribution is -2.59. The molecule has 0 saturated heterocycles. The van der Waals surface area contributed by atoms with Gasteiger partial charge in [-0.2, -0.15) is 0 Å². The minimum atomic E-state index is 0.0512.